The number of hydrogen-bond donors (Lipinski definition) is 2. The summed E-state index contributed by atoms with van der Waals surface area (Å²) in [4.78, 5) is 0. The molecule has 16 heavy (non-hydrogen) atoms. The summed E-state index contributed by atoms with van der Waals surface area (Å²) in [5.41, 5.74) is 3.52. The molecule has 0 aliphatic heterocycles. The average Bonchev–Trinajstić information content (AvgIpc) is 2.25. The molecule has 0 aliphatic carbocycles. The molecular weight excluding hydrogens is 202 g/mol. The first kappa shape index (κ1) is 13.0. The van der Waals surface area contributed by atoms with Gasteiger partial charge in [-0.15, -0.1) is 0 Å². The van der Waals surface area contributed by atoms with E-state index >= 15 is 0 Å². The molecule has 3 heteroatoms. The molecular formula is C13H21NO2. The summed E-state index contributed by atoms with van der Waals surface area (Å²) >= 11 is 0. The van der Waals surface area contributed by atoms with Crippen LogP contribution in [0.3, 0.4) is 0 Å². The SMILES string of the molecule is COc1c(C)cc(C)cc1CNC(C)CO. The minimum absolute atomic E-state index is 0.102. The van der Waals surface area contributed by atoms with Crippen molar-refractivity contribution in [1.29, 1.82) is 0 Å². The van der Waals surface area contributed by atoms with Crippen molar-refractivity contribution in [3.63, 3.8) is 0 Å². The Morgan fingerprint density at radius 3 is 2.62 bits per heavy atom. The molecule has 0 spiro atoms. The second kappa shape index (κ2) is 5.87. The van der Waals surface area contributed by atoms with Crippen molar-refractivity contribution in [1.82, 2.24) is 5.32 Å². The Morgan fingerprint density at radius 1 is 1.38 bits per heavy atom. The molecule has 0 aromatic heterocycles. The van der Waals surface area contributed by atoms with Crippen molar-refractivity contribution in [3.8, 4) is 5.75 Å². The number of benzene rings is 1. The fourth-order valence-electron chi connectivity index (χ4n) is 1.81. The van der Waals surface area contributed by atoms with Gasteiger partial charge in [0.1, 0.15) is 5.75 Å². The van der Waals surface area contributed by atoms with E-state index in [4.69, 9.17) is 9.84 Å². The molecule has 0 radical (unpaired) electrons. The molecule has 0 heterocycles. The molecule has 0 aliphatic rings. The number of aryl methyl sites for hydroxylation is 2. The lowest BCUT2D eigenvalue weighted by atomic mass is 10.1. The average molecular weight is 223 g/mol. The lowest BCUT2D eigenvalue weighted by Gasteiger charge is -2.15. The topological polar surface area (TPSA) is 41.5 Å². The number of hydrogen-bond acceptors (Lipinski definition) is 3. The standard InChI is InChI=1S/C13H21NO2/c1-9-5-10(2)13(16-4)12(6-9)7-14-11(3)8-15/h5-6,11,14-15H,7-8H2,1-4H3. The van der Waals surface area contributed by atoms with Gasteiger partial charge in [-0.3, -0.25) is 0 Å². The maximum Gasteiger partial charge on any atom is 0.126 e. The zero-order valence-corrected chi connectivity index (χ0v) is 10.5. The summed E-state index contributed by atoms with van der Waals surface area (Å²) in [5.74, 6) is 0.934. The van der Waals surface area contributed by atoms with Crippen molar-refractivity contribution < 1.29 is 9.84 Å². The van der Waals surface area contributed by atoms with Crippen LogP contribution < -0.4 is 10.1 Å². The molecule has 1 aromatic rings. The fourth-order valence-corrected chi connectivity index (χ4v) is 1.81. The van der Waals surface area contributed by atoms with Crippen molar-refractivity contribution >= 4 is 0 Å². The lowest BCUT2D eigenvalue weighted by Crippen LogP contribution is -2.28. The summed E-state index contributed by atoms with van der Waals surface area (Å²) in [7, 11) is 1.69. The molecule has 0 saturated heterocycles. The highest BCUT2D eigenvalue weighted by Gasteiger charge is 2.08. The Kier molecular flexibility index (Phi) is 4.77. The van der Waals surface area contributed by atoms with Crippen molar-refractivity contribution in [3.05, 3.63) is 28.8 Å². The van der Waals surface area contributed by atoms with Crippen molar-refractivity contribution in [2.75, 3.05) is 13.7 Å². The third kappa shape index (κ3) is 3.22. The van der Waals surface area contributed by atoms with E-state index in [9.17, 15) is 0 Å². The van der Waals surface area contributed by atoms with E-state index in [0.717, 1.165) is 16.9 Å². The van der Waals surface area contributed by atoms with E-state index in [2.05, 4.69) is 24.4 Å². The molecule has 2 N–H and O–H groups in total. The molecule has 0 bridgehead atoms. The van der Waals surface area contributed by atoms with Gasteiger partial charge in [0.25, 0.3) is 0 Å². The molecule has 0 amide bonds. The zero-order chi connectivity index (χ0) is 12.1. The van der Waals surface area contributed by atoms with Crippen LogP contribution in [0.4, 0.5) is 0 Å². The van der Waals surface area contributed by atoms with E-state index < -0.39 is 0 Å². The van der Waals surface area contributed by atoms with Gasteiger partial charge in [-0.2, -0.15) is 0 Å². The van der Waals surface area contributed by atoms with Gasteiger partial charge < -0.3 is 15.2 Å². The highest BCUT2D eigenvalue weighted by molar-refractivity contribution is 5.43. The van der Waals surface area contributed by atoms with Crippen LogP contribution in [0.15, 0.2) is 12.1 Å². The van der Waals surface area contributed by atoms with Crippen LogP contribution in [-0.4, -0.2) is 24.9 Å². The van der Waals surface area contributed by atoms with E-state index in [1.165, 1.54) is 5.56 Å². The Hall–Kier alpha value is -1.06. The number of aliphatic hydroxyl groups is 1. The van der Waals surface area contributed by atoms with Gasteiger partial charge >= 0.3 is 0 Å². The Morgan fingerprint density at radius 2 is 2.06 bits per heavy atom. The van der Waals surface area contributed by atoms with Gasteiger partial charge in [0.05, 0.1) is 13.7 Å². The molecule has 0 saturated carbocycles. The van der Waals surface area contributed by atoms with Crippen LogP contribution >= 0.6 is 0 Å². The van der Waals surface area contributed by atoms with E-state index in [1.54, 1.807) is 7.11 Å². The largest absolute Gasteiger partial charge is 0.496 e. The smallest absolute Gasteiger partial charge is 0.126 e. The van der Waals surface area contributed by atoms with Crippen LogP contribution in [0.25, 0.3) is 0 Å². The van der Waals surface area contributed by atoms with Crippen LogP contribution in [0.2, 0.25) is 0 Å². The van der Waals surface area contributed by atoms with Crippen LogP contribution in [0.5, 0.6) is 5.75 Å². The zero-order valence-electron chi connectivity index (χ0n) is 10.5. The van der Waals surface area contributed by atoms with Gasteiger partial charge in [-0.1, -0.05) is 17.7 Å². The lowest BCUT2D eigenvalue weighted by molar-refractivity contribution is 0.250. The first-order chi connectivity index (χ1) is 7.58. The van der Waals surface area contributed by atoms with Crippen LogP contribution in [-0.2, 0) is 6.54 Å². The Balaban J connectivity index is 2.85. The Bertz CT molecular complexity index is 350. The predicted octanol–water partition coefficient (Wildman–Crippen LogP) is 1.78. The number of ether oxygens (including phenoxy) is 1. The van der Waals surface area contributed by atoms with Gasteiger partial charge in [-0.05, 0) is 26.3 Å². The number of nitrogens with one attached hydrogen (secondary N) is 1. The molecule has 1 atom stereocenters. The van der Waals surface area contributed by atoms with Crippen molar-refractivity contribution in [2.24, 2.45) is 0 Å². The van der Waals surface area contributed by atoms with Crippen molar-refractivity contribution in [2.45, 2.75) is 33.4 Å². The maximum absolute atomic E-state index is 8.95. The van der Waals surface area contributed by atoms with E-state index in [1.807, 2.05) is 13.8 Å². The molecule has 3 nitrogen and oxygen atoms in total. The van der Waals surface area contributed by atoms with Gasteiger partial charge in [0.15, 0.2) is 0 Å². The normalized spacial score (nSPS) is 12.6. The first-order valence-electron chi connectivity index (χ1n) is 5.56. The highest BCUT2D eigenvalue weighted by atomic mass is 16.5. The summed E-state index contributed by atoms with van der Waals surface area (Å²) in [6.07, 6.45) is 0. The maximum atomic E-state index is 8.95. The number of rotatable bonds is 5. The molecule has 1 rings (SSSR count). The van der Waals surface area contributed by atoms with Crippen LogP contribution in [0.1, 0.15) is 23.6 Å². The number of methoxy groups -OCH3 is 1. The summed E-state index contributed by atoms with van der Waals surface area (Å²) in [5, 5.41) is 12.2. The van der Waals surface area contributed by atoms with E-state index in [-0.39, 0.29) is 12.6 Å². The second-order valence-corrected chi connectivity index (χ2v) is 4.24. The summed E-state index contributed by atoms with van der Waals surface area (Å²) < 4.78 is 5.39. The fraction of sp³-hybridized carbons (Fsp3) is 0.538. The first-order valence-corrected chi connectivity index (χ1v) is 5.56. The Labute approximate surface area is 97.4 Å². The van der Waals surface area contributed by atoms with Gasteiger partial charge in [-0.25, -0.2) is 0 Å². The third-order valence-electron chi connectivity index (χ3n) is 2.61. The number of aliphatic hydroxyl groups excluding tert-OH is 1. The highest BCUT2D eigenvalue weighted by Crippen LogP contribution is 2.24. The quantitative estimate of drug-likeness (QED) is 0.799. The molecule has 90 valence electrons. The van der Waals surface area contributed by atoms with Crippen LogP contribution in [0, 0.1) is 13.8 Å². The molecule has 1 aromatic carbocycles. The summed E-state index contributed by atoms with van der Waals surface area (Å²) in [6.45, 7) is 6.94. The van der Waals surface area contributed by atoms with E-state index in [0.29, 0.717) is 6.54 Å². The molecule has 1 unspecified atom stereocenters. The van der Waals surface area contributed by atoms with Gasteiger partial charge in [0.2, 0.25) is 0 Å². The summed E-state index contributed by atoms with van der Waals surface area (Å²) in [6, 6.07) is 4.33. The third-order valence-corrected chi connectivity index (χ3v) is 2.61. The van der Waals surface area contributed by atoms with Gasteiger partial charge in [0, 0.05) is 18.2 Å². The minimum atomic E-state index is 0.102. The second-order valence-electron chi connectivity index (χ2n) is 4.24. The predicted molar refractivity (Wildman–Crippen MR) is 65.9 cm³/mol. The monoisotopic (exact) mass is 223 g/mol. The molecule has 0 fully saturated rings. The minimum Gasteiger partial charge on any atom is -0.496 e.